The number of carbonyl (C=O) groups excluding carboxylic acids is 1. The van der Waals surface area contributed by atoms with E-state index < -0.39 is 5.79 Å². The quantitative estimate of drug-likeness (QED) is 0.526. The van der Waals surface area contributed by atoms with Crippen LogP contribution in [0.3, 0.4) is 0 Å². The van der Waals surface area contributed by atoms with Gasteiger partial charge in [0, 0.05) is 28.7 Å². The molecular formula is C21H19Cl2N3O4. The fourth-order valence-corrected chi connectivity index (χ4v) is 3.83. The fraction of sp³-hybridized carbons (Fsp3) is 0.238. The van der Waals surface area contributed by atoms with Gasteiger partial charge >= 0.3 is 0 Å². The first kappa shape index (κ1) is 20.7. The van der Waals surface area contributed by atoms with Crippen LogP contribution in [-0.4, -0.2) is 35.3 Å². The molecule has 1 aromatic heterocycles. The van der Waals surface area contributed by atoms with E-state index in [9.17, 15) is 4.79 Å². The molecule has 9 heteroatoms. The summed E-state index contributed by atoms with van der Waals surface area (Å²) in [4.78, 5) is 14.6. The van der Waals surface area contributed by atoms with E-state index in [1.54, 1.807) is 48.9 Å². The van der Waals surface area contributed by atoms with Gasteiger partial charge in [0.15, 0.2) is 0 Å². The molecule has 156 valence electrons. The van der Waals surface area contributed by atoms with Crippen LogP contribution in [0.1, 0.15) is 5.56 Å². The molecule has 0 spiro atoms. The minimum Gasteiger partial charge on any atom is -0.491 e. The van der Waals surface area contributed by atoms with Crippen LogP contribution < -0.4 is 10.1 Å². The van der Waals surface area contributed by atoms with E-state index in [-0.39, 0.29) is 12.7 Å². The van der Waals surface area contributed by atoms with E-state index in [1.165, 1.54) is 0 Å². The number of benzene rings is 2. The summed E-state index contributed by atoms with van der Waals surface area (Å²) < 4.78 is 20.2. The molecule has 2 unspecified atom stereocenters. The molecule has 2 aromatic carbocycles. The maximum Gasteiger partial charge on any atom is 0.215 e. The number of ether oxygens (including phenoxy) is 3. The van der Waals surface area contributed by atoms with Crippen LogP contribution in [0.5, 0.6) is 5.75 Å². The van der Waals surface area contributed by atoms with Gasteiger partial charge in [-0.05, 0) is 36.4 Å². The van der Waals surface area contributed by atoms with Crippen molar-refractivity contribution in [3.63, 3.8) is 0 Å². The average molecular weight is 448 g/mol. The van der Waals surface area contributed by atoms with Crippen LogP contribution in [0, 0.1) is 0 Å². The SMILES string of the molecule is O=CNc1ccc(OCC2COC(Cn3ccnc3)(c3ccc(Cl)cc3Cl)O2)cc1. The molecule has 7 nitrogen and oxygen atoms in total. The van der Waals surface area contributed by atoms with Crippen molar-refractivity contribution >= 4 is 35.3 Å². The van der Waals surface area contributed by atoms with Gasteiger partial charge in [0.1, 0.15) is 18.5 Å². The number of nitrogens with zero attached hydrogens (tertiary/aromatic N) is 2. The molecule has 1 aliphatic heterocycles. The molecule has 0 aliphatic carbocycles. The van der Waals surface area contributed by atoms with E-state index >= 15 is 0 Å². The summed E-state index contributed by atoms with van der Waals surface area (Å²) in [5, 5.41) is 3.58. The molecule has 0 bridgehead atoms. The molecule has 1 fully saturated rings. The van der Waals surface area contributed by atoms with Crippen molar-refractivity contribution in [1.82, 2.24) is 9.55 Å². The molecule has 3 aromatic rings. The summed E-state index contributed by atoms with van der Waals surface area (Å²) in [6.07, 6.45) is 5.53. The van der Waals surface area contributed by atoms with Gasteiger partial charge < -0.3 is 24.1 Å². The lowest BCUT2D eigenvalue weighted by Crippen LogP contribution is -2.34. The monoisotopic (exact) mass is 447 g/mol. The first-order chi connectivity index (χ1) is 14.6. The molecule has 1 saturated heterocycles. The molecule has 0 radical (unpaired) electrons. The first-order valence-corrected chi connectivity index (χ1v) is 10.00. The second-order valence-corrected chi connectivity index (χ2v) is 7.60. The Labute approximate surface area is 183 Å². The summed E-state index contributed by atoms with van der Waals surface area (Å²) in [6, 6.07) is 12.3. The minimum atomic E-state index is -1.09. The molecule has 2 atom stereocenters. The van der Waals surface area contributed by atoms with Gasteiger partial charge in [0.2, 0.25) is 12.2 Å². The molecule has 1 N–H and O–H groups in total. The Bertz CT molecular complexity index is 998. The number of imidazole rings is 1. The third-order valence-corrected chi connectivity index (χ3v) is 5.21. The minimum absolute atomic E-state index is 0.289. The standard InChI is InChI=1S/C21H19Cl2N3O4/c22-15-1-6-19(20(23)9-15)21(12-26-8-7-24-13-26)29-11-18(30-21)10-28-17-4-2-16(3-5-17)25-14-27/h1-9,13-14,18H,10-12H2,(H,25,27). The smallest absolute Gasteiger partial charge is 0.215 e. The fourth-order valence-electron chi connectivity index (χ4n) is 3.28. The van der Waals surface area contributed by atoms with Gasteiger partial charge in [-0.3, -0.25) is 4.79 Å². The highest BCUT2D eigenvalue weighted by atomic mass is 35.5. The summed E-state index contributed by atoms with van der Waals surface area (Å²) in [5.74, 6) is -0.430. The molecule has 2 heterocycles. The topological polar surface area (TPSA) is 74.6 Å². The van der Waals surface area contributed by atoms with Gasteiger partial charge in [-0.25, -0.2) is 4.98 Å². The first-order valence-electron chi connectivity index (χ1n) is 9.24. The Morgan fingerprint density at radius 2 is 2.10 bits per heavy atom. The largest absolute Gasteiger partial charge is 0.491 e. The van der Waals surface area contributed by atoms with Gasteiger partial charge in [-0.1, -0.05) is 29.3 Å². The summed E-state index contributed by atoms with van der Waals surface area (Å²) >= 11 is 12.5. The number of aromatic nitrogens is 2. The highest BCUT2D eigenvalue weighted by molar-refractivity contribution is 6.35. The van der Waals surface area contributed by atoms with Crippen molar-refractivity contribution in [3.05, 3.63) is 76.8 Å². The van der Waals surface area contributed by atoms with E-state index in [4.69, 9.17) is 37.4 Å². The van der Waals surface area contributed by atoms with Crippen molar-refractivity contribution in [2.75, 3.05) is 18.5 Å². The molecule has 30 heavy (non-hydrogen) atoms. The Hall–Kier alpha value is -2.58. The number of anilines is 1. The number of rotatable bonds is 8. The summed E-state index contributed by atoms with van der Waals surface area (Å²) in [5.41, 5.74) is 1.38. The van der Waals surface area contributed by atoms with E-state index in [1.807, 2.05) is 16.8 Å². The van der Waals surface area contributed by atoms with Gasteiger partial charge in [-0.15, -0.1) is 0 Å². The highest BCUT2D eigenvalue weighted by Gasteiger charge is 2.45. The summed E-state index contributed by atoms with van der Waals surface area (Å²) in [7, 11) is 0. The maximum atomic E-state index is 10.5. The molecular weight excluding hydrogens is 429 g/mol. The highest BCUT2D eigenvalue weighted by Crippen LogP contribution is 2.40. The van der Waals surface area contributed by atoms with Crippen molar-refractivity contribution < 1.29 is 19.0 Å². The van der Waals surface area contributed by atoms with Gasteiger partial charge in [0.05, 0.1) is 24.5 Å². The molecule has 1 amide bonds. The zero-order valence-corrected chi connectivity index (χ0v) is 17.3. The van der Waals surface area contributed by atoms with Crippen LogP contribution in [0.4, 0.5) is 5.69 Å². The lowest BCUT2D eigenvalue weighted by atomic mass is 10.1. The van der Waals surface area contributed by atoms with Crippen molar-refractivity contribution in [2.45, 2.75) is 18.4 Å². The number of amides is 1. The maximum absolute atomic E-state index is 10.5. The second-order valence-electron chi connectivity index (χ2n) is 6.76. The number of hydrogen-bond acceptors (Lipinski definition) is 5. The predicted molar refractivity (Wildman–Crippen MR) is 113 cm³/mol. The Kier molecular flexibility index (Phi) is 6.24. The van der Waals surface area contributed by atoms with Crippen LogP contribution in [0.15, 0.2) is 61.2 Å². The summed E-state index contributed by atoms with van der Waals surface area (Å²) in [6.45, 7) is 0.993. The number of hydrogen-bond donors (Lipinski definition) is 1. The van der Waals surface area contributed by atoms with Crippen LogP contribution in [0.25, 0.3) is 0 Å². The zero-order chi connectivity index (χ0) is 21.0. The van der Waals surface area contributed by atoms with E-state index in [0.717, 1.165) is 0 Å². The molecule has 0 saturated carbocycles. The Morgan fingerprint density at radius 3 is 2.80 bits per heavy atom. The molecule has 1 aliphatic rings. The number of carbonyl (C=O) groups is 1. The zero-order valence-electron chi connectivity index (χ0n) is 15.8. The number of nitrogens with one attached hydrogen (secondary N) is 1. The van der Waals surface area contributed by atoms with Crippen molar-refractivity contribution in [3.8, 4) is 5.75 Å². The van der Waals surface area contributed by atoms with Crippen molar-refractivity contribution in [2.24, 2.45) is 0 Å². The third-order valence-electron chi connectivity index (χ3n) is 4.67. The Morgan fingerprint density at radius 1 is 1.27 bits per heavy atom. The van der Waals surface area contributed by atoms with Gasteiger partial charge in [-0.2, -0.15) is 0 Å². The van der Waals surface area contributed by atoms with Crippen LogP contribution >= 0.6 is 23.2 Å². The lowest BCUT2D eigenvalue weighted by Gasteiger charge is -2.30. The average Bonchev–Trinajstić information content (AvgIpc) is 3.38. The lowest BCUT2D eigenvalue weighted by molar-refractivity contribution is -0.189. The normalized spacial score (nSPS) is 20.8. The van der Waals surface area contributed by atoms with E-state index in [0.29, 0.717) is 46.6 Å². The predicted octanol–water partition coefficient (Wildman–Crippen LogP) is 4.11. The second kappa shape index (κ2) is 9.06. The third kappa shape index (κ3) is 4.60. The van der Waals surface area contributed by atoms with Crippen LogP contribution in [0.2, 0.25) is 10.0 Å². The number of halogens is 2. The van der Waals surface area contributed by atoms with Crippen molar-refractivity contribution in [1.29, 1.82) is 0 Å². The van der Waals surface area contributed by atoms with Gasteiger partial charge in [0.25, 0.3) is 0 Å². The van der Waals surface area contributed by atoms with Crippen LogP contribution in [-0.2, 0) is 26.6 Å². The molecule has 4 rings (SSSR count). The van der Waals surface area contributed by atoms with E-state index in [2.05, 4.69) is 10.3 Å². The Balaban J connectivity index is 1.49.